The number of rotatable bonds is 8. The molecular weight excluding hydrogens is 390 g/mol. The van der Waals surface area contributed by atoms with Crippen LogP contribution in [0.4, 0.5) is 0 Å². The molecule has 2 heterocycles. The summed E-state index contributed by atoms with van der Waals surface area (Å²) in [6.45, 7) is 1.02. The van der Waals surface area contributed by atoms with E-state index in [0.29, 0.717) is 31.0 Å². The SMILES string of the molecule is O=C(C[C@H](Cn1cnnn1)c1ccc(Cl)cc1)NCCc1nc2ccccc2[nH]1. The molecule has 0 radical (unpaired) electrons. The highest BCUT2D eigenvalue weighted by atomic mass is 35.5. The number of nitrogens with one attached hydrogen (secondary N) is 2. The van der Waals surface area contributed by atoms with Crippen LogP contribution in [0.3, 0.4) is 0 Å². The number of aromatic amines is 1. The van der Waals surface area contributed by atoms with Crippen molar-refractivity contribution in [2.75, 3.05) is 6.54 Å². The van der Waals surface area contributed by atoms with E-state index >= 15 is 0 Å². The van der Waals surface area contributed by atoms with Crippen molar-refractivity contribution < 1.29 is 4.79 Å². The summed E-state index contributed by atoms with van der Waals surface area (Å²) < 4.78 is 1.63. The third-order valence-electron chi connectivity index (χ3n) is 4.69. The molecule has 8 nitrogen and oxygen atoms in total. The molecule has 1 atom stereocenters. The average molecular weight is 410 g/mol. The van der Waals surface area contributed by atoms with Crippen LogP contribution in [0.2, 0.25) is 5.02 Å². The summed E-state index contributed by atoms with van der Waals surface area (Å²) in [5, 5.41) is 14.9. The van der Waals surface area contributed by atoms with E-state index in [1.807, 2.05) is 48.5 Å². The molecule has 0 fully saturated rings. The number of H-pyrrole nitrogens is 1. The molecule has 29 heavy (non-hydrogen) atoms. The number of fused-ring (bicyclic) bond motifs is 1. The predicted octanol–water partition coefficient (Wildman–Crippen LogP) is 2.74. The quantitative estimate of drug-likeness (QED) is 0.466. The molecule has 4 aromatic rings. The van der Waals surface area contributed by atoms with E-state index in [1.165, 1.54) is 0 Å². The van der Waals surface area contributed by atoms with Gasteiger partial charge < -0.3 is 10.3 Å². The topological polar surface area (TPSA) is 101 Å². The number of carbonyl (C=O) groups is 1. The largest absolute Gasteiger partial charge is 0.356 e. The first kappa shape index (κ1) is 19.1. The van der Waals surface area contributed by atoms with Crippen LogP contribution in [0.1, 0.15) is 23.7 Å². The highest BCUT2D eigenvalue weighted by Crippen LogP contribution is 2.23. The lowest BCUT2D eigenvalue weighted by Crippen LogP contribution is -2.28. The van der Waals surface area contributed by atoms with Crippen LogP contribution in [0.25, 0.3) is 11.0 Å². The van der Waals surface area contributed by atoms with Crippen molar-refractivity contribution in [3.05, 3.63) is 71.3 Å². The molecule has 0 saturated heterocycles. The Bertz CT molecular complexity index is 1040. The monoisotopic (exact) mass is 409 g/mol. The normalized spacial score (nSPS) is 12.2. The van der Waals surface area contributed by atoms with Crippen LogP contribution >= 0.6 is 11.6 Å². The van der Waals surface area contributed by atoms with Crippen molar-refractivity contribution in [2.24, 2.45) is 0 Å². The Balaban J connectivity index is 1.36. The van der Waals surface area contributed by atoms with Crippen LogP contribution < -0.4 is 5.32 Å². The number of imidazole rings is 1. The number of amides is 1. The Labute approximate surface area is 172 Å². The van der Waals surface area contributed by atoms with Gasteiger partial charge in [-0.05, 0) is 40.3 Å². The fourth-order valence-electron chi connectivity index (χ4n) is 3.25. The van der Waals surface area contributed by atoms with Gasteiger partial charge in [0.25, 0.3) is 0 Å². The Hall–Kier alpha value is -3.26. The molecule has 4 rings (SSSR count). The summed E-state index contributed by atoms with van der Waals surface area (Å²) in [5.74, 6) is 0.755. The maximum absolute atomic E-state index is 12.6. The summed E-state index contributed by atoms with van der Waals surface area (Å²) >= 11 is 6.00. The van der Waals surface area contributed by atoms with Gasteiger partial charge in [0.1, 0.15) is 12.2 Å². The van der Waals surface area contributed by atoms with E-state index < -0.39 is 0 Å². The molecule has 2 aromatic heterocycles. The van der Waals surface area contributed by atoms with E-state index in [2.05, 4.69) is 30.8 Å². The minimum absolute atomic E-state index is 0.0332. The second kappa shape index (κ2) is 8.83. The maximum Gasteiger partial charge on any atom is 0.220 e. The Morgan fingerprint density at radius 3 is 2.76 bits per heavy atom. The van der Waals surface area contributed by atoms with Crippen LogP contribution in [0, 0.1) is 0 Å². The molecule has 9 heteroatoms. The minimum atomic E-state index is -0.0676. The first-order valence-corrected chi connectivity index (χ1v) is 9.72. The lowest BCUT2D eigenvalue weighted by atomic mass is 9.95. The molecule has 1 amide bonds. The van der Waals surface area contributed by atoms with Crippen molar-refractivity contribution in [3.63, 3.8) is 0 Å². The van der Waals surface area contributed by atoms with Gasteiger partial charge in [-0.15, -0.1) is 5.10 Å². The van der Waals surface area contributed by atoms with Crippen molar-refractivity contribution in [1.82, 2.24) is 35.5 Å². The van der Waals surface area contributed by atoms with Gasteiger partial charge in [0.05, 0.1) is 17.6 Å². The number of carbonyl (C=O) groups excluding carboxylic acids is 1. The smallest absolute Gasteiger partial charge is 0.220 e. The summed E-state index contributed by atoms with van der Waals surface area (Å²) in [6.07, 6.45) is 2.50. The highest BCUT2D eigenvalue weighted by Gasteiger charge is 2.18. The number of halogens is 1. The fraction of sp³-hybridized carbons (Fsp3) is 0.250. The van der Waals surface area contributed by atoms with E-state index in [-0.39, 0.29) is 11.8 Å². The fourth-order valence-corrected chi connectivity index (χ4v) is 3.38. The zero-order chi connectivity index (χ0) is 20.1. The first-order valence-electron chi connectivity index (χ1n) is 9.34. The third-order valence-corrected chi connectivity index (χ3v) is 4.95. The van der Waals surface area contributed by atoms with Gasteiger partial charge in [0, 0.05) is 30.3 Å². The average Bonchev–Trinajstić information content (AvgIpc) is 3.37. The molecule has 0 saturated carbocycles. The Morgan fingerprint density at radius 2 is 2.00 bits per heavy atom. The zero-order valence-electron chi connectivity index (χ0n) is 15.6. The van der Waals surface area contributed by atoms with Gasteiger partial charge >= 0.3 is 0 Å². The molecule has 0 aliphatic carbocycles. The van der Waals surface area contributed by atoms with Gasteiger partial charge in [-0.2, -0.15) is 0 Å². The van der Waals surface area contributed by atoms with Crippen molar-refractivity contribution in [1.29, 1.82) is 0 Å². The van der Waals surface area contributed by atoms with Gasteiger partial charge in [0.15, 0.2) is 0 Å². The number of aromatic nitrogens is 6. The zero-order valence-corrected chi connectivity index (χ0v) is 16.4. The first-order chi connectivity index (χ1) is 14.2. The summed E-state index contributed by atoms with van der Waals surface area (Å²) in [5.41, 5.74) is 2.94. The van der Waals surface area contributed by atoms with E-state index in [1.54, 1.807) is 11.0 Å². The van der Waals surface area contributed by atoms with Crippen molar-refractivity contribution >= 4 is 28.5 Å². The second-order valence-electron chi connectivity index (χ2n) is 6.79. The number of para-hydroxylation sites is 2. The van der Waals surface area contributed by atoms with Gasteiger partial charge in [-0.1, -0.05) is 35.9 Å². The maximum atomic E-state index is 12.6. The molecule has 0 spiro atoms. The number of benzene rings is 2. The van der Waals surface area contributed by atoms with Crippen LogP contribution in [0.5, 0.6) is 0 Å². The van der Waals surface area contributed by atoms with Crippen LogP contribution in [0.15, 0.2) is 54.9 Å². The molecular formula is C20H20ClN7O. The predicted molar refractivity (Wildman–Crippen MR) is 109 cm³/mol. The van der Waals surface area contributed by atoms with Gasteiger partial charge in [0.2, 0.25) is 5.91 Å². The summed E-state index contributed by atoms with van der Waals surface area (Å²) in [4.78, 5) is 20.4. The van der Waals surface area contributed by atoms with Gasteiger partial charge in [-0.25, -0.2) is 9.67 Å². The number of nitrogens with zero attached hydrogens (tertiary/aromatic N) is 5. The summed E-state index contributed by atoms with van der Waals surface area (Å²) in [7, 11) is 0. The minimum Gasteiger partial charge on any atom is -0.356 e. The molecule has 0 bridgehead atoms. The van der Waals surface area contributed by atoms with Gasteiger partial charge in [-0.3, -0.25) is 4.79 Å². The summed E-state index contributed by atoms with van der Waals surface area (Å²) in [6, 6.07) is 15.4. The van der Waals surface area contributed by atoms with Crippen LogP contribution in [-0.4, -0.2) is 42.6 Å². The number of hydrogen-bond donors (Lipinski definition) is 2. The highest BCUT2D eigenvalue weighted by molar-refractivity contribution is 6.30. The molecule has 148 valence electrons. The van der Waals surface area contributed by atoms with Crippen molar-refractivity contribution in [3.8, 4) is 0 Å². The number of tetrazole rings is 1. The molecule has 2 N–H and O–H groups in total. The lowest BCUT2D eigenvalue weighted by Gasteiger charge is -2.17. The molecule has 0 aliphatic heterocycles. The van der Waals surface area contributed by atoms with E-state index in [9.17, 15) is 4.79 Å². The standard InChI is InChI=1S/C20H20ClN7O/c21-16-7-5-14(6-8-16)15(12-28-13-23-26-27-28)11-20(29)22-10-9-19-24-17-3-1-2-4-18(17)25-19/h1-8,13,15H,9-12H2,(H,22,29)(H,24,25)/t15-/m1/s1. The van der Waals surface area contributed by atoms with Crippen LogP contribution in [-0.2, 0) is 17.8 Å². The van der Waals surface area contributed by atoms with Crippen molar-refractivity contribution in [2.45, 2.75) is 25.3 Å². The third kappa shape index (κ3) is 4.97. The van der Waals surface area contributed by atoms with E-state index in [4.69, 9.17) is 11.6 Å². The lowest BCUT2D eigenvalue weighted by molar-refractivity contribution is -0.121. The Morgan fingerprint density at radius 1 is 1.17 bits per heavy atom. The molecule has 0 unspecified atom stereocenters. The molecule has 2 aromatic carbocycles. The van der Waals surface area contributed by atoms with E-state index in [0.717, 1.165) is 22.4 Å². The second-order valence-corrected chi connectivity index (χ2v) is 7.22. The number of hydrogen-bond acceptors (Lipinski definition) is 5. The molecule has 0 aliphatic rings. The Kier molecular flexibility index (Phi) is 5.81.